The van der Waals surface area contributed by atoms with E-state index in [1.807, 2.05) is 6.07 Å². The van der Waals surface area contributed by atoms with E-state index in [0.29, 0.717) is 23.5 Å². The Morgan fingerprint density at radius 2 is 1.70 bits per heavy atom. The summed E-state index contributed by atoms with van der Waals surface area (Å²) in [5.74, 6) is 0.224. The molecule has 0 radical (unpaired) electrons. The fraction of sp³-hybridized carbons (Fsp3) is 0.0526. The molecule has 0 saturated carbocycles. The maximum atomic E-state index is 12.4. The Balaban J connectivity index is 1.94. The fourth-order valence-electron chi connectivity index (χ4n) is 2.44. The lowest BCUT2D eigenvalue weighted by atomic mass is 10.1. The highest BCUT2D eigenvalue weighted by atomic mass is 79.9. The number of carbonyl (C=O) groups is 2. The van der Waals surface area contributed by atoms with Crippen LogP contribution in [0, 0.1) is 0 Å². The van der Waals surface area contributed by atoms with Crippen LogP contribution >= 0.6 is 15.9 Å². The summed E-state index contributed by atoms with van der Waals surface area (Å²) in [7, 11) is 0. The maximum absolute atomic E-state index is 12.4. The van der Waals surface area contributed by atoms with Gasteiger partial charge in [0.1, 0.15) is 12.4 Å². The van der Waals surface area contributed by atoms with Crippen LogP contribution in [0.25, 0.3) is 6.08 Å². The molecule has 4 heteroatoms. The van der Waals surface area contributed by atoms with Crippen LogP contribution in [0.1, 0.15) is 26.3 Å². The molecule has 0 aliphatic heterocycles. The molecule has 2 aromatic rings. The molecule has 0 aromatic heterocycles. The summed E-state index contributed by atoms with van der Waals surface area (Å²) in [6.45, 7) is 4.01. The van der Waals surface area contributed by atoms with E-state index in [1.54, 1.807) is 48.6 Å². The van der Waals surface area contributed by atoms with Gasteiger partial charge in [0, 0.05) is 11.1 Å². The lowest BCUT2D eigenvalue weighted by Gasteiger charge is -2.06. The average molecular weight is 369 g/mol. The van der Waals surface area contributed by atoms with Crippen LogP contribution in [-0.4, -0.2) is 18.2 Å². The van der Waals surface area contributed by atoms with Crippen molar-refractivity contribution in [2.24, 2.45) is 0 Å². The van der Waals surface area contributed by atoms with E-state index in [-0.39, 0.29) is 17.1 Å². The molecular formula is C19H13BrO3. The fourth-order valence-corrected chi connectivity index (χ4v) is 2.95. The highest BCUT2D eigenvalue weighted by molar-refractivity contribution is 9.10. The second-order valence-electron chi connectivity index (χ2n) is 5.05. The van der Waals surface area contributed by atoms with E-state index in [4.69, 9.17) is 4.74 Å². The van der Waals surface area contributed by atoms with Crippen LogP contribution in [0.4, 0.5) is 0 Å². The lowest BCUT2D eigenvalue weighted by molar-refractivity contribution is 0.0990. The number of hydrogen-bond acceptors (Lipinski definition) is 3. The molecule has 1 aliphatic carbocycles. The summed E-state index contributed by atoms with van der Waals surface area (Å²) >= 11 is 3.43. The molecule has 114 valence electrons. The minimum absolute atomic E-state index is 0.192. The zero-order valence-electron chi connectivity index (χ0n) is 12.2. The van der Waals surface area contributed by atoms with Crippen molar-refractivity contribution < 1.29 is 14.3 Å². The number of benzene rings is 2. The number of halogens is 1. The number of hydrogen-bond donors (Lipinski definition) is 0. The van der Waals surface area contributed by atoms with Crippen molar-refractivity contribution in [3.8, 4) is 5.75 Å². The quantitative estimate of drug-likeness (QED) is 0.454. The average Bonchev–Trinajstić information content (AvgIpc) is 2.80. The SMILES string of the molecule is C=CCOc1ccc(C=C2C(=O)c3ccccc3C2=O)cc1Br. The van der Waals surface area contributed by atoms with Crippen LogP contribution in [0.15, 0.2) is 65.2 Å². The first-order valence-corrected chi connectivity index (χ1v) is 7.84. The second kappa shape index (κ2) is 6.34. The smallest absolute Gasteiger partial charge is 0.197 e. The van der Waals surface area contributed by atoms with Gasteiger partial charge in [0.2, 0.25) is 0 Å². The molecule has 3 rings (SSSR count). The molecule has 0 heterocycles. The van der Waals surface area contributed by atoms with Gasteiger partial charge in [-0.1, -0.05) is 43.0 Å². The van der Waals surface area contributed by atoms with Crippen LogP contribution in [0.2, 0.25) is 0 Å². The van der Waals surface area contributed by atoms with Gasteiger partial charge in [0.25, 0.3) is 0 Å². The third-order valence-electron chi connectivity index (χ3n) is 3.53. The van der Waals surface area contributed by atoms with Crippen molar-refractivity contribution in [3.05, 3.63) is 81.9 Å². The lowest BCUT2D eigenvalue weighted by Crippen LogP contribution is -2.00. The van der Waals surface area contributed by atoms with E-state index in [2.05, 4.69) is 22.5 Å². The number of fused-ring (bicyclic) bond motifs is 1. The Labute approximate surface area is 142 Å². The second-order valence-corrected chi connectivity index (χ2v) is 5.91. The predicted molar refractivity (Wildman–Crippen MR) is 92.9 cm³/mol. The Morgan fingerprint density at radius 1 is 1.04 bits per heavy atom. The molecule has 0 unspecified atom stereocenters. The van der Waals surface area contributed by atoms with Gasteiger partial charge < -0.3 is 4.74 Å². The Kier molecular flexibility index (Phi) is 4.26. The summed E-state index contributed by atoms with van der Waals surface area (Å²) in [4.78, 5) is 24.7. The van der Waals surface area contributed by atoms with Gasteiger partial charge in [-0.15, -0.1) is 0 Å². The van der Waals surface area contributed by atoms with Crippen LogP contribution in [0.5, 0.6) is 5.75 Å². The molecule has 1 aliphatic rings. The van der Waals surface area contributed by atoms with E-state index in [0.717, 1.165) is 10.0 Å². The largest absolute Gasteiger partial charge is 0.488 e. The number of ketones is 2. The monoisotopic (exact) mass is 368 g/mol. The number of Topliss-reactive ketones (excluding diaryl/α,β-unsaturated/α-hetero) is 2. The highest BCUT2D eigenvalue weighted by Crippen LogP contribution is 2.30. The molecule has 23 heavy (non-hydrogen) atoms. The van der Waals surface area contributed by atoms with Crippen LogP contribution in [0.3, 0.4) is 0 Å². The summed E-state index contributed by atoms with van der Waals surface area (Å²) in [6.07, 6.45) is 3.28. The standard InChI is InChI=1S/C19H13BrO3/c1-2-9-23-17-8-7-12(11-16(17)20)10-15-18(21)13-5-3-4-6-14(13)19(15)22/h2-8,10-11H,1,9H2. The van der Waals surface area contributed by atoms with E-state index in [9.17, 15) is 9.59 Å². The van der Waals surface area contributed by atoms with Crippen LogP contribution < -0.4 is 4.74 Å². The van der Waals surface area contributed by atoms with Gasteiger partial charge >= 0.3 is 0 Å². The van der Waals surface area contributed by atoms with Crippen molar-refractivity contribution in [1.82, 2.24) is 0 Å². The molecule has 2 aromatic carbocycles. The van der Waals surface area contributed by atoms with E-state index in [1.165, 1.54) is 0 Å². The van der Waals surface area contributed by atoms with Crippen LogP contribution in [-0.2, 0) is 0 Å². The predicted octanol–water partition coefficient (Wildman–Crippen LogP) is 4.48. The molecule has 0 amide bonds. The summed E-state index contributed by atoms with van der Waals surface area (Å²) < 4.78 is 6.24. The van der Waals surface area contributed by atoms with Gasteiger partial charge in [-0.2, -0.15) is 0 Å². The molecule has 0 N–H and O–H groups in total. The van der Waals surface area contributed by atoms with Crippen molar-refractivity contribution in [1.29, 1.82) is 0 Å². The van der Waals surface area contributed by atoms with Gasteiger partial charge in [0.15, 0.2) is 11.6 Å². The number of ether oxygens (including phenoxy) is 1. The normalized spacial score (nSPS) is 13.0. The first-order chi connectivity index (χ1) is 11.1. The minimum atomic E-state index is -0.228. The summed E-state index contributed by atoms with van der Waals surface area (Å²) in [5.41, 5.74) is 1.88. The topological polar surface area (TPSA) is 43.4 Å². The molecule has 0 spiro atoms. The number of rotatable bonds is 4. The number of carbonyl (C=O) groups excluding carboxylic acids is 2. The zero-order valence-corrected chi connectivity index (χ0v) is 13.8. The molecule has 0 saturated heterocycles. The van der Waals surface area contributed by atoms with E-state index >= 15 is 0 Å². The number of allylic oxidation sites excluding steroid dienone is 1. The maximum Gasteiger partial charge on any atom is 0.197 e. The van der Waals surface area contributed by atoms with Gasteiger partial charge in [0.05, 0.1) is 10.0 Å². The van der Waals surface area contributed by atoms with Crippen molar-refractivity contribution in [2.45, 2.75) is 0 Å². The summed E-state index contributed by atoms with van der Waals surface area (Å²) in [5, 5.41) is 0. The first-order valence-electron chi connectivity index (χ1n) is 7.05. The molecule has 0 bridgehead atoms. The third kappa shape index (κ3) is 2.90. The van der Waals surface area contributed by atoms with E-state index < -0.39 is 0 Å². The summed E-state index contributed by atoms with van der Waals surface area (Å²) in [6, 6.07) is 12.3. The Morgan fingerprint density at radius 3 is 2.26 bits per heavy atom. The minimum Gasteiger partial charge on any atom is -0.488 e. The molecule has 0 fully saturated rings. The van der Waals surface area contributed by atoms with Gasteiger partial charge in [-0.3, -0.25) is 9.59 Å². The molecular weight excluding hydrogens is 356 g/mol. The van der Waals surface area contributed by atoms with Gasteiger partial charge in [-0.25, -0.2) is 0 Å². The molecule has 0 atom stereocenters. The highest BCUT2D eigenvalue weighted by Gasteiger charge is 2.32. The van der Waals surface area contributed by atoms with Crippen molar-refractivity contribution in [2.75, 3.05) is 6.61 Å². The van der Waals surface area contributed by atoms with Crippen molar-refractivity contribution in [3.63, 3.8) is 0 Å². The van der Waals surface area contributed by atoms with Crippen molar-refractivity contribution >= 4 is 33.6 Å². The molecule has 3 nitrogen and oxygen atoms in total. The Bertz CT molecular complexity index is 812. The third-order valence-corrected chi connectivity index (χ3v) is 4.15. The Hall–Kier alpha value is -2.46. The van der Waals surface area contributed by atoms with Gasteiger partial charge in [-0.05, 0) is 39.7 Å². The zero-order chi connectivity index (χ0) is 16.4. The first kappa shape index (κ1) is 15.4.